The van der Waals surface area contributed by atoms with E-state index in [-0.39, 0.29) is 29.4 Å². The summed E-state index contributed by atoms with van der Waals surface area (Å²) in [5.41, 5.74) is 1.77. The van der Waals surface area contributed by atoms with Crippen molar-refractivity contribution in [3.05, 3.63) is 40.4 Å². The molecule has 1 heterocycles. The van der Waals surface area contributed by atoms with Gasteiger partial charge < -0.3 is 14.5 Å². The van der Waals surface area contributed by atoms with Gasteiger partial charge in [-0.15, -0.1) is 0 Å². The molecule has 0 fully saturated rings. The Bertz CT molecular complexity index is 993. The molecule has 198 valence electrons. The molecule has 35 heavy (non-hydrogen) atoms. The highest BCUT2D eigenvalue weighted by molar-refractivity contribution is 7.95. The summed E-state index contributed by atoms with van der Waals surface area (Å²) in [7, 11) is -4.21. The molecule has 0 aromatic heterocycles. The summed E-state index contributed by atoms with van der Waals surface area (Å²) in [5, 5.41) is 3.69. The molecule has 2 atom stereocenters. The standard InChI is InChI=1S/C27H45NO5SSi/c1-9-10-21(13-18-25(29)32-6)26-24(34(30,31)23-15-11-20(2)12-16-23)17-14-22(28-26)19-33-35(7,8)27(3,4)5/h11-12,15-16,21-22,28H,9-10,13-14,17-19H2,1-8H3/t21-,22-/m1/s1. The fourth-order valence-corrected chi connectivity index (χ4v) is 6.85. The molecule has 0 spiro atoms. The number of carbonyl (C=O) groups excluding carboxylic acids is 1. The van der Waals surface area contributed by atoms with Crippen molar-refractivity contribution in [2.45, 2.75) is 102 Å². The van der Waals surface area contributed by atoms with Crippen molar-refractivity contribution in [2.24, 2.45) is 5.92 Å². The van der Waals surface area contributed by atoms with Crippen molar-refractivity contribution in [3.63, 3.8) is 0 Å². The summed E-state index contributed by atoms with van der Waals surface area (Å²) in [4.78, 5) is 12.7. The Kier molecular flexibility index (Phi) is 10.2. The van der Waals surface area contributed by atoms with E-state index in [0.29, 0.717) is 35.7 Å². The van der Waals surface area contributed by atoms with E-state index in [4.69, 9.17) is 9.16 Å². The van der Waals surface area contributed by atoms with Crippen molar-refractivity contribution in [2.75, 3.05) is 13.7 Å². The van der Waals surface area contributed by atoms with Crippen LogP contribution in [0.1, 0.15) is 71.8 Å². The minimum atomic E-state index is -3.66. The van der Waals surface area contributed by atoms with Gasteiger partial charge in [-0.05, 0) is 62.9 Å². The second kappa shape index (κ2) is 12.1. The van der Waals surface area contributed by atoms with Gasteiger partial charge in [-0.3, -0.25) is 4.79 Å². The molecular weight excluding hydrogens is 478 g/mol. The highest BCUT2D eigenvalue weighted by Gasteiger charge is 2.39. The summed E-state index contributed by atoms with van der Waals surface area (Å²) in [5.74, 6) is -0.340. The van der Waals surface area contributed by atoms with Crippen LogP contribution in [0.3, 0.4) is 0 Å². The molecule has 0 radical (unpaired) electrons. The van der Waals surface area contributed by atoms with E-state index in [2.05, 4.69) is 46.1 Å². The summed E-state index contributed by atoms with van der Waals surface area (Å²) >= 11 is 0. The van der Waals surface area contributed by atoms with Gasteiger partial charge in [0, 0.05) is 24.1 Å². The van der Waals surface area contributed by atoms with Crippen LogP contribution in [0.4, 0.5) is 0 Å². The Morgan fingerprint density at radius 2 is 1.80 bits per heavy atom. The largest absolute Gasteiger partial charge is 0.469 e. The lowest BCUT2D eigenvalue weighted by molar-refractivity contribution is -0.140. The van der Waals surface area contributed by atoms with E-state index < -0.39 is 18.2 Å². The molecule has 0 amide bonds. The second-order valence-electron chi connectivity index (χ2n) is 11.2. The van der Waals surface area contributed by atoms with Gasteiger partial charge in [0.15, 0.2) is 8.32 Å². The van der Waals surface area contributed by atoms with Crippen LogP contribution in [0.15, 0.2) is 39.8 Å². The molecule has 6 nitrogen and oxygen atoms in total. The first kappa shape index (κ1) is 29.6. The Labute approximate surface area is 213 Å². The maximum atomic E-state index is 13.8. The minimum Gasteiger partial charge on any atom is -0.469 e. The zero-order valence-electron chi connectivity index (χ0n) is 22.9. The predicted octanol–water partition coefficient (Wildman–Crippen LogP) is 6.12. The third-order valence-corrected chi connectivity index (χ3v) is 13.9. The van der Waals surface area contributed by atoms with Gasteiger partial charge in [-0.2, -0.15) is 0 Å². The number of ether oxygens (including phenoxy) is 1. The maximum absolute atomic E-state index is 13.8. The van der Waals surface area contributed by atoms with E-state index >= 15 is 0 Å². The van der Waals surface area contributed by atoms with Crippen LogP contribution >= 0.6 is 0 Å². The van der Waals surface area contributed by atoms with Crippen LogP contribution < -0.4 is 5.32 Å². The number of sulfone groups is 1. The lowest BCUT2D eigenvalue weighted by Crippen LogP contribution is -2.47. The quantitative estimate of drug-likeness (QED) is 0.278. The number of aryl methyl sites for hydroxylation is 1. The topological polar surface area (TPSA) is 81.7 Å². The molecule has 1 aliphatic rings. The highest BCUT2D eigenvalue weighted by Crippen LogP contribution is 2.38. The van der Waals surface area contributed by atoms with E-state index in [0.717, 1.165) is 24.1 Å². The number of methoxy groups -OCH3 is 1. The highest BCUT2D eigenvalue weighted by atomic mass is 32.2. The van der Waals surface area contributed by atoms with E-state index in [9.17, 15) is 13.2 Å². The normalized spacial score (nSPS) is 18.2. The van der Waals surface area contributed by atoms with Crippen LogP contribution in [0.2, 0.25) is 18.1 Å². The molecule has 1 aromatic carbocycles. The molecule has 0 aliphatic carbocycles. The van der Waals surface area contributed by atoms with Crippen molar-refractivity contribution in [1.29, 1.82) is 0 Å². The molecule has 0 saturated carbocycles. The Morgan fingerprint density at radius 1 is 1.17 bits per heavy atom. The zero-order valence-corrected chi connectivity index (χ0v) is 24.7. The van der Waals surface area contributed by atoms with Crippen LogP contribution in [-0.2, 0) is 23.8 Å². The Hall–Kier alpha value is -1.64. The van der Waals surface area contributed by atoms with Gasteiger partial charge in [0.2, 0.25) is 9.84 Å². The van der Waals surface area contributed by atoms with Crippen LogP contribution in [-0.4, -0.2) is 42.5 Å². The van der Waals surface area contributed by atoms with Gasteiger partial charge >= 0.3 is 5.97 Å². The van der Waals surface area contributed by atoms with Crippen molar-refractivity contribution in [1.82, 2.24) is 5.32 Å². The van der Waals surface area contributed by atoms with Crippen LogP contribution in [0.5, 0.6) is 0 Å². The third kappa shape index (κ3) is 7.67. The Balaban J connectivity index is 2.43. The molecule has 8 heteroatoms. The molecule has 1 aromatic rings. The maximum Gasteiger partial charge on any atom is 0.305 e. The first-order chi connectivity index (χ1) is 16.2. The van der Waals surface area contributed by atoms with E-state index in [1.165, 1.54) is 7.11 Å². The lowest BCUT2D eigenvalue weighted by Gasteiger charge is -2.39. The average Bonchev–Trinajstić information content (AvgIpc) is 2.79. The Morgan fingerprint density at radius 3 is 2.34 bits per heavy atom. The SMILES string of the molecule is CCC[C@H](CCC(=O)OC)C1=C(S(=O)(=O)c2ccc(C)cc2)CC[C@H](CO[Si](C)(C)C(C)(C)C)N1. The number of hydrogen-bond acceptors (Lipinski definition) is 6. The van der Waals surface area contributed by atoms with E-state index in [1.54, 1.807) is 12.1 Å². The number of carbonyl (C=O) groups is 1. The van der Waals surface area contributed by atoms with Gasteiger partial charge in [-0.1, -0.05) is 51.8 Å². The third-order valence-electron chi connectivity index (χ3n) is 7.46. The van der Waals surface area contributed by atoms with Crippen molar-refractivity contribution >= 4 is 24.1 Å². The average molecular weight is 524 g/mol. The van der Waals surface area contributed by atoms with Gasteiger partial charge in [0.05, 0.1) is 23.5 Å². The summed E-state index contributed by atoms with van der Waals surface area (Å²) in [6, 6.07) is 7.07. The number of hydrogen-bond donors (Lipinski definition) is 1. The van der Waals surface area contributed by atoms with Crippen molar-refractivity contribution < 1.29 is 22.4 Å². The predicted molar refractivity (Wildman–Crippen MR) is 144 cm³/mol. The molecule has 2 rings (SSSR count). The molecule has 1 N–H and O–H groups in total. The van der Waals surface area contributed by atoms with E-state index in [1.807, 2.05) is 19.1 Å². The van der Waals surface area contributed by atoms with Gasteiger partial charge in [0.1, 0.15) is 0 Å². The van der Waals surface area contributed by atoms with Crippen LogP contribution in [0.25, 0.3) is 0 Å². The zero-order chi connectivity index (χ0) is 26.4. The molecule has 0 saturated heterocycles. The number of esters is 1. The smallest absolute Gasteiger partial charge is 0.305 e. The fourth-order valence-electron chi connectivity index (χ4n) is 4.12. The summed E-state index contributed by atoms with van der Waals surface area (Å²) < 4.78 is 38.9. The number of benzene rings is 1. The number of rotatable bonds is 11. The fraction of sp³-hybridized carbons (Fsp3) is 0.667. The summed E-state index contributed by atoms with van der Waals surface area (Å²) in [6.45, 7) is 15.7. The first-order valence-corrected chi connectivity index (χ1v) is 17.1. The minimum absolute atomic E-state index is 0.0357. The first-order valence-electron chi connectivity index (χ1n) is 12.7. The second-order valence-corrected chi connectivity index (χ2v) is 18.0. The molecule has 0 unspecified atom stereocenters. The summed E-state index contributed by atoms with van der Waals surface area (Å²) in [6.07, 6.45) is 3.64. The van der Waals surface area contributed by atoms with Gasteiger partial charge in [0.25, 0.3) is 0 Å². The monoisotopic (exact) mass is 523 g/mol. The van der Waals surface area contributed by atoms with Crippen molar-refractivity contribution in [3.8, 4) is 0 Å². The van der Waals surface area contributed by atoms with Gasteiger partial charge in [-0.25, -0.2) is 8.42 Å². The number of nitrogens with one attached hydrogen (secondary N) is 1. The molecular formula is C27H45NO5SSi. The number of allylic oxidation sites excluding steroid dienone is 2. The molecule has 0 bridgehead atoms. The lowest BCUT2D eigenvalue weighted by atomic mass is 9.90. The van der Waals surface area contributed by atoms with Crippen LogP contribution in [0, 0.1) is 12.8 Å². The molecule has 1 aliphatic heterocycles.